The Kier molecular flexibility index (Phi) is 4.21. The molecule has 1 unspecified atom stereocenters. The van der Waals surface area contributed by atoms with E-state index in [-0.39, 0.29) is 0 Å². The Morgan fingerprint density at radius 2 is 2.00 bits per heavy atom. The van der Waals surface area contributed by atoms with Crippen LogP contribution in [0.5, 0.6) is 0 Å². The summed E-state index contributed by atoms with van der Waals surface area (Å²) in [5.41, 5.74) is 0.372. The zero-order chi connectivity index (χ0) is 8.20. The second-order valence-electron chi connectivity index (χ2n) is 3.73. The van der Waals surface area contributed by atoms with Crippen molar-refractivity contribution in [1.29, 1.82) is 0 Å². The normalized spacial score (nSPS) is 15.6. The summed E-state index contributed by atoms with van der Waals surface area (Å²) in [5.74, 6) is 0.765. The Bertz CT molecular complexity index is 91.3. The largest absolute Gasteiger partial charge is 0.427 e. The molecule has 0 aromatic carbocycles. The fourth-order valence-corrected chi connectivity index (χ4v) is 1.81. The minimum Gasteiger partial charge on any atom is -0.427 e. The molecule has 0 bridgehead atoms. The predicted octanol–water partition coefficient (Wildman–Crippen LogP) is 1.36. The average molecular weight is 160 g/mol. The molecule has 0 heterocycles. The van der Waals surface area contributed by atoms with E-state index in [1.807, 2.05) is 0 Å². The Hall–Kier alpha value is 0.177. The first-order valence-electron chi connectivity index (χ1n) is 4.03. The van der Waals surface area contributed by atoms with Crippen LogP contribution in [0.25, 0.3) is 0 Å². The summed E-state index contributed by atoms with van der Waals surface area (Å²) in [4.78, 5) is 0. The SMILES string of the molecule is CCC(C)C(C)(C)CO[SiH3]. The van der Waals surface area contributed by atoms with E-state index in [4.69, 9.17) is 4.43 Å². The summed E-state index contributed by atoms with van der Waals surface area (Å²) in [6, 6.07) is 0. The Morgan fingerprint density at radius 1 is 1.50 bits per heavy atom. The molecule has 62 valence electrons. The van der Waals surface area contributed by atoms with Crippen molar-refractivity contribution in [3.05, 3.63) is 0 Å². The summed E-state index contributed by atoms with van der Waals surface area (Å²) in [6.07, 6.45) is 1.25. The highest BCUT2D eigenvalue weighted by Crippen LogP contribution is 2.28. The molecule has 0 rings (SSSR count). The van der Waals surface area contributed by atoms with Gasteiger partial charge in [-0.05, 0) is 11.3 Å². The summed E-state index contributed by atoms with van der Waals surface area (Å²) < 4.78 is 5.27. The first kappa shape index (κ1) is 10.2. The zero-order valence-electron chi connectivity index (χ0n) is 7.90. The standard InChI is InChI=1S/C8H20OSi/c1-5-7(2)8(3,4)6-9-10/h7H,5-6H2,1-4,10H3. The van der Waals surface area contributed by atoms with Gasteiger partial charge in [0.25, 0.3) is 0 Å². The fraction of sp³-hybridized carbons (Fsp3) is 1.00. The third-order valence-corrected chi connectivity index (χ3v) is 2.75. The van der Waals surface area contributed by atoms with Gasteiger partial charge in [0.2, 0.25) is 0 Å². The fourth-order valence-electron chi connectivity index (χ4n) is 1.07. The first-order chi connectivity index (χ1) is 4.54. The molecule has 2 heteroatoms. The molecule has 1 atom stereocenters. The van der Waals surface area contributed by atoms with Gasteiger partial charge in [-0.25, -0.2) is 0 Å². The molecule has 0 aliphatic heterocycles. The third-order valence-electron chi connectivity index (χ3n) is 2.46. The van der Waals surface area contributed by atoms with Crippen molar-refractivity contribution < 1.29 is 4.43 Å². The maximum Gasteiger partial charge on any atom is 0.145 e. The van der Waals surface area contributed by atoms with Crippen LogP contribution in [0.1, 0.15) is 34.1 Å². The molecule has 0 aromatic heterocycles. The lowest BCUT2D eigenvalue weighted by Gasteiger charge is -2.30. The van der Waals surface area contributed by atoms with Crippen molar-refractivity contribution in [2.75, 3.05) is 6.61 Å². The lowest BCUT2D eigenvalue weighted by atomic mass is 9.79. The average Bonchev–Trinajstić information content (AvgIpc) is 1.86. The molecule has 0 aliphatic rings. The third kappa shape index (κ3) is 2.84. The van der Waals surface area contributed by atoms with Gasteiger partial charge in [-0.1, -0.05) is 34.1 Å². The Morgan fingerprint density at radius 3 is 2.30 bits per heavy atom. The van der Waals surface area contributed by atoms with Gasteiger partial charge in [-0.2, -0.15) is 0 Å². The van der Waals surface area contributed by atoms with Crippen LogP contribution in [-0.2, 0) is 4.43 Å². The summed E-state index contributed by atoms with van der Waals surface area (Å²) in [5, 5.41) is 0. The molecule has 0 aromatic rings. The monoisotopic (exact) mass is 160 g/mol. The van der Waals surface area contributed by atoms with E-state index in [0.717, 1.165) is 23.0 Å². The van der Waals surface area contributed by atoms with E-state index < -0.39 is 0 Å². The molecule has 0 amide bonds. The van der Waals surface area contributed by atoms with E-state index in [2.05, 4.69) is 27.7 Å². The van der Waals surface area contributed by atoms with Crippen LogP contribution in [0.15, 0.2) is 0 Å². The lowest BCUT2D eigenvalue weighted by molar-refractivity contribution is 0.126. The van der Waals surface area contributed by atoms with Crippen molar-refractivity contribution >= 4 is 10.5 Å². The number of rotatable bonds is 4. The summed E-state index contributed by atoms with van der Waals surface area (Å²) in [7, 11) is 0.868. The van der Waals surface area contributed by atoms with Gasteiger partial charge in [-0.3, -0.25) is 0 Å². The molecule has 1 nitrogen and oxygen atoms in total. The van der Waals surface area contributed by atoms with Crippen LogP contribution in [0, 0.1) is 11.3 Å². The van der Waals surface area contributed by atoms with Crippen molar-refractivity contribution in [3.8, 4) is 0 Å². The molecular formula is C8H20OSi. The van der Waals surface area contributed by atoms with Gasteiger partial charge in [0.15, 0.2) is 0 Å². The van der Waals surface area contributed by atoms with E-state index in [1.54, 1.807) is 0 Å². The molecule has 0 saturated carbocycles. The van der Waals surface area contributed by atoms with E-state index in [9.17, 15) is 0 Å². The van der Waals surface area contributed by atoms with Crippen molar-refractivity contribution in [2.45, 2.75) is 34.1 Å². The van der Waals surface area contributed by atoms with Gasteiger partial charge in [0, 0.05) is 6.61 Å². The van der Waals surface area contributed by atoms with Crippen molar-refractivity contribution in [1.82, 2.24) is 0 Å². The second kappa shape index (κ2) is 4.14. The molecule has 0 aliphatic carbocycles. The minimum atomic E-state index is 0.372. The predicted molar refractivity (Wildman–Crippen MR) is 49.1 cm³/mol. The molecule has 0 N–H and O–H groups in total. The van der Waals surface area contributed by atoms with Gasteiger partial charge < -0.3 is 4.43 Å². The number of hydrogen-bond acceptors (Lipinski definition) is 1. The zero-order valence-corrected chi connectivity index (χ0v) is 9.90. The number of hydrogen-bond donors (Lipinski definition) is 0. The molecule has 0 spiro atoms. The molecule has 0 radical (unpaired) electrons. The molecular weight excluding hydrogens is 140 g/mol. The highest BCUT2D eigenvalue weighted by molar-refractivity contribution is 5.97. The van der Waals surface area contributed by atoms with Gasteiger partial charge in [-0.15, -0.1) is 0 Å². The highest BCUT2D eigenvalue weighted by atomic mass is 28.2. The molecule has 0 saturated heterocycles. The first-order valence-corrected chi connectivity index (χ1v) is 4.85. The quantitative estimate of drug-likeness (QED) is 0.564. The Balaban J connectivity index is 3.82. The highest BCUT2D eigenvalue weighted by Gasteiger charge is 2.23. The van der Waals surface area contributed by atoms with Crippen LogP contribution in [-0.4, -0.2) is 17.1 Å². The van der Waals surface area contributed by atoms with Gasteiger partial charge in [0.05, 0.1) is 0 Å². The summed E-state index contributed by atoms with van der Waals surface area (Å²) >= 11 is 0. The second-order valence-corrected chi connectivity index (χ2v) is 4.31. The lowest BCUT2D eigenvalue weighted by Crippen LogP contribution is -2.26. The topological polar surface area (TPSA) is 9.23 Å². The van der Waals surface area contributed by atoms with E-state index in [1.165, 1.54) is 6.42 Å². The van der Waals surface area contributed by atoms with Crippen LogP contribution in [0.4, 0.5) is 0 Å². The van der Waals surface area contributed by atoms with E-state index in [0.29, 0.717) is 5.41 Å². The van der Waals surface area contributed by atoms with Crippen LogP contribution < -0.4 is 0 Å². The summed E-state index contributed by atoms with van der Waals surface area (Å²) in [6.45, 7) is 10.0. The molecule has 0 fully saturated rings. The van der Waals surface area contributed by atoms with Crippen LogP contribution in [0.3, 0.4) is 0 Å². The van der Waals surface area contributed by atoms with Crippen LogP contribution in [0.2, 0.25) is 0 Å². The van der Waals surface area contributed by atoms with E-state index >= 15 is 0 Å². The maximum atomic E-state index is 5.27. The minimum absolute atomic E-state index is 0.372. The molecule has 10 heavy (non-hydrogen) atoms. The van der Waals surface area contributed by atoms with Crippen molar-refractivity contribution in [2.24, 2.45) is 11.3 Å². The maximum absolute atomic E-state index is 5.27. The Labute approximate surface area is 67.7 Å². The smallest absolute Gasteiger partial charge is 0.145 e. The van der Waals surface area contributed by atoms with Gasteiger partial charge in [0.1, 0.15) is 10.5 Å². The van der Waals surface area contributed by atoms with Crippen LogP contribution >= 0.6 is 0 Å². The van der Waals surface area contributed by atoms with Crippen molar-refractivity contribution in [3.63, 3.8) is 0 Å². The van der Waals surface area contributed by atoms with Gasteiger partial charge >= 0.3 is 0 Å².